The summed E-state index contributed by atoms with van der Waals surface area (Å²) in [6, 6.07) is 12.9. The Balaban J connectivity index is 1.61. The molecule has 0 saturated carbocycles. The normalized spacial score (nSPS) is 14.9. The van der Waals surface area contributed by atoms with Crippen molar-refractivity contribution in [2.75, 3.05) is 26.2 Å². The molecule has 7 heteroatoms. The Bertz CT molecular complexity index is 767. The van der Waals surface area contributed by atoms with Gasteiger partial charge in [-0.05, 0) is 35.7 Å². The van der Waals surface area contributed by atoms with Crippen LogP contribution in [0.15, 0.2) is 42.5 Å². The van der Waals surface area contributed by atoms with Crippen molar-refractivity contribution in [1.82, 2.24) is 15.2 Å². The lowest BCUT2D eigenvalue weighted by atomic mass is 9.99. The lowest BCUT2D eigenvalue weighted by Crippen LogP contribution is -2.51. The molecule has 0 radical (unpaired) electrons. The molecule has 26 heavy (non-hydrogen) atoms. The lowest BCUT2D eigenvalue weighted by Gasteiger charge is -2.38. The van der Waals surface area contributed by atoms with Crippen LogP contribution in [-0.4, -0.2) is 47.4 Å². The summed E-state index contributed by atoms with van der Waals surface area (Å²) in [5.74, 6) is -1.01. The molecule has 0 aliphatic carbocycles. The molecular weight excluding hydrogens is 353 g/mol. The Morgan fingerprint density at radius 2 is 2.00 bits per heavy atom. The Kier molecular flexibility index (Phi) is 6.26. The van der Waals surface area contributed by atoms with E-state index in [1.54, 1.807) is 19.1 Å². The van der Waals surface area contributed by atoms with E-state index < -0.39 is 11.7 Å². The van der Waals surface area contributed by atoms with Crippen LogP contribution in [0.25, 0.3) is 11.1 Å². The molecule has 1 heterocycles. The highest BCUT2D eigenvalue weighted by Gasteiger charge is 2.26. The third-order valence-electron chi connectivity index (χ3n) is 4.34. The zero-order valence-electron chi connectivity index (χ0n) is 14.5. The number of aliphatic hydroxyl groups excluding tert-OH is 1. The average Bonchev–Trinajstić information content (AvgIpc) is 2.62. The van der Waals surface area contributed by atoms with E-state index >= 15 is 0 Å². The van der Waals surface area contributed by atoms with E-state index in [1.807, 2.05) is 30.3 Å². The van der Waals surface area contributed by atoms with Gasteiger partial charge in [-0.25, -0.2) is 4.39 Å². The van der Waals surface area contributed by atoms with Crippen molar-refractivity contribution in [2.24, 2.45) is 0 Å². The molecule has 138 valence electrons. The monoisotopic (exact) mass is 375 g/mol. The summed E-state index contributed by atoms with van der Waals surface area (Å²) in [5.41, 5.74) is 4.75. The average molecular weight is 375 g/mol. The quantitative estimate of drug-likeness (QED) is 0.512. The maximum Gasteiger partial charge on any atom is 0.269 e. The number of likely N-dealkylation sites (tertiary alicyclic amines) is 1. The Labute approximate surface area is 156 Å². The smallest absolute Gasteiger partial charge is 0.269 e. The summed E-state index contributed by atoms with van der Waals surface area (Å²) in [7, 11) is 0. The van der Waals surface area contributed by atoms with E-state index in [9.17, 15) is 9.18 Å². The number of aliphatic hydroxyl groups is 1. The van der Waals surface area contributed by atoms with Gasteiger partial charge in [-0.3, -0.25) is 15.1 Å². The largest absolute Gasteiger partial charge is 0.395 e. The van der Waals surface area contributed by atoms with Gasteiger partial charge in [0.15, 0.2) is 0 Å². The van der Waals surface area contributed by atoms with E-state index in [4.69, 9.17) is 5.11 Å². The van der Waals surface area contributed by atoms with Crippen molar-refractivity contribution < 1.29 is 14.3 Å². The fraction of sp³-hybridized carbons (Fsp3) is 0.316. The molecule has 0 spiro atoms. The number of carbonyl (C=O) groups excluding carboxylic acids is 1. The molecule has 0 unspecified atom stereocenters. The zero-order chi connectivity index (χ0) is 18.5. The van der Waals surface area contributed by atoms with Crippen LogP contribution < -0.4 is 10.3 Å². The molecule has 0 bridgehead atoms. The summed E-state index contributed by atoms with van der Waals surface area (Å²) in [5, 5.41) is 9.20. The summed E-state index contributed by atoms with van der Waals surface area (Å²) in [4.78, 5) is 17.3. The van der Waals surface area contributed by atoms with Crippen LogP contribution in [0.3, 0.4) is 0 Å². The molecule has 1 fully saturated rings. The first-order valence-corrected chi connectivity index (χ1v) is 9.36. The third kappa shape index (κ3) is 4.42. The molecule has 0 atom stereocenters. The van der Waals surface area contributed by atoms with Crippen LogP contribution in [0, 0.1) is 12.7 Å². The summed E-state index contributed by atoms with van der Waals surface area (Å²) in [6.07, 6.45) is 0. The van der Waals surface area contributed by atoms with Gasteiger partial charge in [0.25, 0.3) is 5.91 Å². The van der Waals surface area contributed by atoms with E-state index in [1.165, 1.54) is 11.9 Å². The summed E-state index contributed by atoms with van der Waals surface area (Å²) in [6.45, 7) is 4.18. The lowest BCUT2D eigenvalue weighted by molar-refractivity contribution is 0.0942. The molecule has 3 rings (SSSR count). The second-order valence-corrected chi connectivity index (χ2v) is 7.41. The van der Waals surface area contributed by atoms with Crippen LogP contribution in [0.5, 0.6) is 0 Å². The number of nitrogens with zero attached hydrogens (tertiary/aromatic N) is 1. The van der Waals surface area contributed by atoms with E-state index in [0.717, 1.165) is 24.2 Å². The van der Waals surface area contributed by atoms with Crippen LogP contribution in [0.1, 0.15) is 15.9 Å². The zero-order valence-corrected chi connectivity index (χ0v) is 15.4. The van der Waals surface area contributed by atoms with Crippen molar-refractivity contribution in [3.63, 3.8) is 0 Å². The highest BCUT2D eigenvalue weighted by Crippen LogP contribution is 2.25. The second-order valence-electron chi connectivity index (χ2n) is 6.30. The van der Waals surface area contributed by atoms with Gasteiger partial charge >= 0.3 is 0 Å². The van der Waals surface area contributed by atoms with Gasteiger partial charge in [-0.15, -0.1) is 0 Å². The number of benzene rings is 2. The van der Waals surface area contributed by atoms with Crippen LogP contribution in [-0.2, 0) is 0 Å². The van der Waals surface area contributed by atoms with Gasteiger partial charge in [0.1, 0.15) is 5.82 Å². The summed E-state index contributed by atoms with van der Waals surface area (Å²) >= 11 is 1.40. The molecule has 1 aliphatic heterocycles. The molecule has 1 aliphatic rings. The molecule has 2 aromatic rings. The fourth-order valence-corrected chi connectivity index (χ4v) is 3.77. The molecule has 2 aromatic carbocycles. The maximum absolute atomic E-state index is 14.4. The number of hydrogen-bond acceptors (Lipinski definition) is 5. The highest BCUT2D eigenvalue weighted by molar-refractivity contribution is 7.98. The molecule has 1 amide bonds. The Hall–Kier alpha value is -1.93. The minimum atomic E-state index is -0.508. The van der Waals surface area contributed by atoms with E-state index in [-0.39, 0.29) is 12.2 Å². The third-order valence-corrected chi connectivity index (χ3v) is 5.19. The van der Waals surface area contributed by atoms with E-state index in [2.05, 4.69) is 15.2 Å². The molecular formula is C19H22FN3O2S. The topological polar surface area (TPSA) is 64.6 Å². The predicted molar refractivity (Wildman–Crippen MR) is 102 cm³/mol. The number of carbonyl (C=O) groups is 1. The molecule has 1 saturated heterocycles. The first-order chi connectivity index (χ1) is 12.6. The van der Waals surface area contributed by atoms with Gasteiger partial charge in [0.05, 0.1) is 12.2 Å². The minimum Gasteiger partial charge on any atom is -0.395 e. The number of amides is 1. The molecule has 3 N–H and O–H groups in total. The SMILES string of the molecule is Cc1cc(-c2ccccc2)cc(C(=O)NNSC2CN(CCO)C2)c1F. The van der Waals surface area contributed by atoms with Crippen molar-refractivity contribution in [3.05, 3.63) is 59.4 Å². The Morgan fingerprint density at radius 3 is 2.69 bits per heavy atom. The number of aryl methyl sites for hydroxylation is 1. The predicted octanol–water partition coefficient (Wildman–Crippen LogP) is 2.36. The summed E-state index contributed by atoms with van der Waals surface area (Å²) < 4.78 is 14.4. The van der Waals surface area contributed by atoms with Crippen molar-refractivity contribution in [1.29, 1.82) is 0 Å². The maximum atomic E-state index is 14.4. The number of rotatable bonds is 7. The van der Waals surface area contributed by atoms with Crippen molar-refractivity contribution in [3.8, 4) is 11.1 Å². The number of halogens is 1. The second kappa shape index (κ2) is 8.64. The number of β-amino-alcohol motifs (C(OH)–C–C–N with tert-alkyl or cyclic N) is 1. The number of hydrazine groups is 1. The minimum absolute atomic E-state index is 0.0208. The Morgan fingerprint density at radius 1 is 1.27 bits per heavy atom. The fourth-order valence-electron chi connectivity index (χ4n) is 2.88. The van der Waals surface area contributed by atoms with Gasteiger partial charge in [-0.1, -0.05) is 42.3 Å². The standard InChI is InChI=1S/C19H22FN3O2S/c1-13-9-15(14-5-3-2-4-6-14)10-17(18(13)20)19(25)21-22-26-16-11-23(12-16)7-8-24/h2-6,9-10,16,22,24H,7-8,11-12H2,1H3,(H,21,25). The molecule has 0 aromatic heterocycles. The van der Waals surface area contributed by atoms with Crippen LogP contribution in [0.2, 0.25) is 0 Å². The van der Waals surface area contributed by atoms with Crippen LogP contribution >= 0.6 is 11.9 Å². The molecule has 5 nitrogen and oxygen atoms in total. The van der Waals surface area contributed by atoms with Crippen LogP contribution in [0.4, 0.5) is 4.39 Å². The van der Waals surface area contributed by atoms with Gasteiger partial charge in [0.2, 0.25) is 0 Å². The van der Waals surface area contributed by atoms with E-state index in [0.29, 0.717) is 17.4 Å². The van der Waals surface area contributed by atoms with Gasteiger partial charge in [0, 0.05) is 24.9 Å². The number of nitrogens with one attached hydrogen (secondary N) is 2. The number of hydrogen-bond donors (Lipinski definition) is 3. The van der Waals surface area contributed by atoms with Crippen molar-refractivity contribution in [2.45, 2.75) is 12.2 Å². The van der Waals surface area contributed by atoms with Crippen molar-refractivity contribution >= 4 is 17.9 Å². The van der Waals surface area contributed by atoms with Gasteiger partial charge < -0.3 is 5.11 Å². The highest BCUT2D eigenvalue weighted by atomic mass is 32.2. The first-order valence-electron chi connectivity index (χ1n) is 8.48. The van der Waals surface area contributed by atoms with Gasteiger partial charge in [-0.2, -0.15) is 4.83 Å². The first kappa shape index (κ1) is 18.8.